The van der Waals surface area contributed by atoms with Crippen LogP contribution in [0.4, 0.5) is 0 Å². The van der Waals surface area contributed by atoms with Gasteiger partial charge in [0.25, 0.3) is 0 Å². The molecule has 1 N–H and O–H groups in total. The Morgan fingerprint density at radius 2 is 2.53 bits per heavy atom. The summed E-state index contributed by atoms with van der Waals surface area (Å²) in [4.78, 5) is 6.39. The second-order valence-electron chi connectivity index (χ2n) is 3.97. The van der Waals surface area contributed by atoms with Crippen LogP contribution in [0.5, 0.6) is 0 Å². The van der Waals surface area contributed by atoms with Crippen LogP contribution < -0.4 is 0 Å². The maximum atomic E-state index is 8.81. The normalized spacial score (nSPS) is 22.3. The number of hydrogen-bond donors (Lipinski definition) is 1. The van der Waals surface area contributed by atoms with Gasteiger partial charge in [-0.2, -0.15) is 4.98 Å². The number of likely N-dealkylation sites (tertiary alicyclic amines) is 1. The molecule has 84 valence electrons. The van der Waals surface area contributed by atoms with Gasteiger partial charge in [0.2, 0.25) is 5.89 Å². The van der Waals surface area contributed by atoms with Crippen LogP contribution in [-0.2, 0) is 6.54 Å². The minimum atomic E-state index is 0.283. The molecular formula is C10H17N3O2. The quantitative estimate of drug-likeness (QED) is 0.780. The van der Waals surface area contributed by atoms with Crippen molar-refractivity contribution < 1.29 is 9.63 Å². The highest BCUT2D eigenvalue weighted by molar-refractivity contribution is 4.83. The summed E-state index contributed by atoms with van der Waals surface area (Å²) in [6, 6.07) is 0.573. The van der Waals surface area contributed by atoms with Gasteiger partial charge >= 0.3 is 0 Å². The number of rotatable bonds is 5. The lowest BCUT2D eigenvalue weighted by atomic mass is 10.1. The predicted molar refractivity (Wildman–Crippen MR) is 54.0 cm³/mol. The van der Waals surface area contributed by atoms with Crippen molar-refractivity contribution in [2.75, 3.05) is 13.2 Å². The molecule has 0 amide bonds. The van der Waals surface area contributed by atoms with E-state index in [1.807, 2.05) is 0 Å². The van der Waals surface area contributed by atoms with E-state index in [1.165, 1.54) is 19.2 Å². The highest BCUT2D eigenvalue weighted by atomic mass is 16.5. The van der Waals surface area contributed by atoms with Crippen LogP contribution in [0.1, 0.15) is 31.6 Å². The topological polar surface area (TPSA) is 62.4 Å². The maximum Gasteiger partial charge on any atom is 0.240 e. The molecule has 15 heavy (non-hydrogen) atoms. The Balaban J connectivity index is 1.85. The van der Waals surface area contributed by atoms with E-state index in [0.717, 1.165) is 25.9 Å². The van der Waals surface area contributed by atoms with Crippen LogP contribution in [0.25, 0.3) is 0 Å². The van der Waals surface area contributed by atoms with E-state index in [1.54, 1.807) is 0 Å². The van der Waals surface area contributed by atoms with Crippen molar-refractivity contribution in [2.24, 2.45) is 0 Å². The van der Waals surface area contributed by atoms with Gasteiger partial charge in [-0.15, -0.1) is 0 Å². The first-order valence-electron chi connectivity index (χ1n) is 5.50. The van der Waals surface area contributed by atoms with Crippen molar-refractivity contribution in [1.82, 2.24) is 15.0 Å². The van der Waals surface area contributed by atoms with Gasteiger partial charge < -0.3 is 9.63 Å². The van der Waals surface area contributed by atoms with E-state index in [4.69, 9.17) is 9.63 Å². The average Bonchev–Trinajstić information content (AvgIpc) is 2.87. The Kier molecular flexibility index (Phi) is 3.69. The fraction of sp³-hybridized carbons (Fsp3) is 0.800. The summed E-state index contributed by atoms with van der Waals surface area (Å²) in [7, 11) is 0. The minimum absolute atomic E-state index is 0.283. The first-order valence-corrected chi connectivity index (χ1v) is 5.50. The molecule has 1 saturated heterocycles. The zero-order chi connectivity index (χ0) is 10.5. The zero-order valence-corrected chi connectivity index (χ0v) is 8.80. The summed E-state index contributed by atoms with van der Waals surface area (Å²) >= 11 is 0. The number of nitrogens with zero attached hydrogens (tertiary/aromatic N) is 3. The summed E-state index contributed by atoms with van der Waals surface area (Å²) in [5, 5.41) is 12.4. The Labute approximate surface area is 89.1 Å². The molecule has 1 aromatic rings. The van der Waals surface area contributed by atoms with Crippen LogP contribution in [0.3, 0.4) is 0 Å². The SMILES string of the molecule is OCCCC1CCCN1Cc1ncno1. The van der Waals surface area contributed by atoms with Crippen LogP contribution in [0.2, 0.25) is 0 Å². The summed E-state index contributed by atoms with van der Waals surface area (Å²) in [6.45, 7) is 2.12. The lowest BCUT2D eigenvalue weighted by Crippen LogP contribution is -2.29. The fourth-order valence-electron chi connectivity index (χ4n) is 2.20. The Hall–Kier alpha value is -0.940. The zero-order valence-electron chi connectivity index (χ0n) is 8.80. The van der Waals surface area contributed by atoms with Crippen molar-refractivity contribution in [3.05, 3.63) is 12.2 Å². The molecule has 0 aliphatic carbocycles. The Morgan fingerprint density at radius 3 is 3.27 bits per heavy atom. The molecule has 1 fully saturated rings. The summed E-state index contributed by atoms with van der Waals surface area (Å²) in [5.74, 6) is 0.686. The molecule has 2 rings (SSSR count). The van der Waals surface area contributed by atoms with Gasteiger partial charge in [0.05, 0.1) is 6.54 Å². The lowest BCUT2D eigenvalue weighted by molar-refractivity contribution is 0.188. The second kappa shape index (κ2) is 5.23. The van der Waals surface area contributed by atoms with Crippen LogP contribution >= 0.6 is 0 Å². The molecule has 0 spiro atoms. The predicted octanol–water partition coefficient (Wildman–Crippen LogP) is 0.806. The molecule has 5 heteroatoms. The third-order valence-electron chi connectivity index (χ3n) is 2.94. The molecule has 2 heterocycles. The van der Waals surface area contributed by atoms with Crippen molar-refractivity contribution >= 4 is 0 Å². The van der Waals surface area contributed by atoms with Gasteiger partial charge in [0, 0.05) is 12.6 Å². The fourth-order valence-corrected chi connectivity index (χ4v) is 2.20. The largest absolute Gasteiger partial charge is 0.396 e. The highest BCUT2D eigenvalue weighted by Crippen LogP contribution is 2.22. The van der Waals surface area contributed by atoms with Gasteiger partial charge in [-0.1, -0.05) is 5.16 Å². The van der Waals surface area contributed by atoms with Gasteiger partial charge in [-0.25, -0.2) is 0 Å². The van der Waals surface area contributed by atoms with Crippen molar-refractivity contribution in [3.63, 3.8) is 0 Å². The monoisotopic (exact) mass is 211 g/mol. The molecule has 1 aliphatic rings. The van der Waals surface area contributed by atoms with Crippen molar-refractivity contribution in [2.45, 2.75) is 38.3 Å². The van der Waals surface area contributed by atoms with E-state index in [-0.39, 0.29) is 6.61 Å². The average molecular weight is 211 g/mol. The molecule has 0 bridgehead atoms. The van der Waals surface area contributed by atoms with Gasteiger partial charge in [-0.05, 0) is 32.2 Å². The van der Waals surface area contributed by atoms with E-state index < -0.39 is 0 Å². The standard InChI is InChI=1S/C10H17N3O2/c14-6-2-4-9-3-1-5-13(9)7-10-11-8-12-15-10/h8-9,14H,1-7H2. The Morgan fingerprint density at radius 1 is 1.60 bits per heavy atom. The van der Waals surface area contributed by atoms with Crippen LogP contribution in [0.15, 0.2) is 10.9 Å². The first kappa shape index (κ1) is 10.6. The smallest absolute Gasteiger partial charge is 0.240 e. The van der Waals surface area contributed by atoms with E-state index in [0.29, 0.717) is 11.9 Å². The molecule has 0 aromatic carbocycles. The molecule has 1 unspecified atom stereocenters. The first-order chi connectivity index (χ1) is 7.40. The molecule has 0 saturated carbocycles. The molecule has 1 aromatic heterocycles. The molecule has 5 nitrogen and oxygen atoms in total. The number of aliphatic hydroxyl groups excluding tert-OH is 1. The summed E-state index contributed by atoms with van der Waals surface area (Å²) < 4.78 is 5.00. The molecule has 1 atom stereocenters. The minimum Gasteiger partial charge on any atom is -0.396 e. The summed E-state index contributed by atoms with van der Waals surface area (Å²) in [5.41, 5.74) is 0. The van der Waals surface area contributed by atoms with E-state index in [9.17, 15) is 0 Å². The van der Waals surface area contributed by atoms with E-state index in [2.05, 4.69) is 15.0 Å². The molecular weight excluding hydrogens is 194 g/mol. The van der Waals surface area contributed by atoms with Gasteiger partial charge in [0.15, 0.2) is 6.33 Å². The highest BCUT2D eigenvalue weighted by Gasteiger charge is 2.25. The lowest BCUT2D eigenvalue weighted by Gasteiger charge is -2.22. The maximum absolute atomic E-state index is 8.81. The van der Waals surface area contributed by atoms with E-state index >= 15 is 0 Å². The third kappa shape index (κ3) is 2.76. The van der Waals surface area contributed by atoms with Crippen molar-refractivity contribution in [3.8, 4) is 0 Å². The molecule has 0 radical (unpaired) electrons. The van der Waals surface area contributed by atoms with Crippen molar-refractivity contribution in [1.29, 1.82) is 0 Å². The van der Waals surface area contributed by atoms with Gasteiger partial charge in [-0.3, -0.25) is 4.90 Å². The van der Waals surface area contributed by atoms with Crippen LogP contribution in [0, 0.1) is 0 Å². The van der Waals surface area contributed by atoms with Crippen LogP contribution in [-0.4, -0.2) is 39.3 Å². The molecule has 1 aliphatic heterocycles. The second-order valence-corrected chi connectivity index (χ2v) is 3.97. The third-order valence-corrected chi connectivity index (χ3v) is 2.94. The number of aliphatic hydroxyl groups is 1. The number of hydrogen-bond acceptors (Lipinski definition) is 5. The Bertz CT molecular complexity index is 276. The number of aromatic nitrogens is 2. The van der Waals surface area contributed by atoms with Gasteiger partial charge in [0.1, 0.15) is 0 Å². The summed E-state index contributed by atoms with van der Waals surface area (Å²) in [6.07, 6.45) is 5.82.